The van der Waals surface area contributed by atoms with Crippen LogP contribution in [0.25, 0.3) is 11.3 Å². The smallest absolute Gasteiger partial charge is 0.273 e. The summed E-state index contributed by atoms with van der Waals surface area (Å²) in [5.41, 5.74) is 0.865. The van der Waals surface area contributed by atoms with Crippen molar-refractivity contribution in [1.82, 2.24) is 25.2 Å². The molecule has 158 valence electrons. The Labute approximate surface area is 174 Å². The predicted octanol–water partition coefficient (Wildman–Crippen LogP) is 2.65. The minimum absolute atomic E-state index is 0.204. The van der Waals surface area contributed by atoms with Gasteiger partial charge in [-0.05, 0) is 31.0 Å². The zero-order chi connectivity index (χ0) is 20.9. The summed E-state index contributed by atoms with van der Waals surface area (Å²) in [5.74, 6) is 3.34. The lowest BCUT2D eigenvalue weighted by atomic mass is 10.1. The molecule has 0 atom stereocenters. The van der Waals surface area contributed by atoms with Crippen LogP contribution in [0.3, 0.4) is 0 Å². The molecule has 0 spiro atoms. The van der Waals surface area contributed by atoms with Gasteiger partial charge in [-0.1, -0.05) is 11.6 Å². The third-order valence-electron chi connectivity index (χ3n) is 5.24. The van der Waals surface area contributed by atoms with Crippen LogP contribution in [0.1, 0.15) is 41.4 Å². The van der Waals surface area contributed by atoms with E-state index in [1.165, 1.54) is 6.42 Å². The van der Waals surface area contributed by atoms with E-state index in [4.69, 9.17) is 14.0 Å². The molecular formula is C21H25N5O4. The van der Waals surface area contributed by atoms with Gasteiger partial charge in [0.05, 0.1) is 19.8 Å². The number of nitrogens with zero attached hydrogens (tertiary/aromatic N) is 4. The number of aryl methyl sites for hydroxylation is 1. The first-order chi connectivity index (χ1) is 14.7. The van der Waals surface area contributed by atoms with Crippen molar-refractivity contribution in [2.24, 2.45) is 0 Å². The van der Waals surface area contributed by atoms with Gasteiger partial charge in [0.2, 0.25) is 0 Å². The molecule has 0 radical (unpaired) electrons. The van der Waals surface area contributed by atoms with E-state index >= 15 is 0 Å². The Morgan fingerprint density at radius 1 is 1.17 bits per heavy atom. The lowest BCUT2D eigenvalue weighted by molar-refractivity contribution is 0.0945. The quantitative estimate of drug-likeness (QED) is 0.637. The van der Waals surface area contributed by atoms with E-state index in [0.717, 1.165) is 37.5 Å². The number of benzene rings is 1. The molecule has 0 fully saturated rings. The summed E-state index contributed by atoms with van der Waals surface area (Å²) in [7, 11) is 3.15. The van der Waals surface area contributed by atoms with Crippen molar-refractivity contribution in [1.29, 1.82) is 0 Å². The molecule has 1 amide bonds. The van der Waals surface area contributed by atoms with Gasteiger partial charge in [-0.2, -0.15) is 0 Å². The second-order valence-corrected chi connectivity index (χ2v) is 7.14. The number of methoxy groups -OCH3 is 2. The molecule has 1 aliphatic rings. The third-order valence-corrected chi connectivity index (χ3v) is 5.24. The molecule has 3 heterocycles. The molecule has 2 aromatic heterocycles. The zero-order valence-corrected chi connectivity index (χ0v) is 17.2. The zero-order valence-electron chi connectivity index (χ0n) is 17.2. The number of fused-ring (bicyclic) bond motifs is 1. The van der Waals surface area contributed by atoms with Crippen LogP contribution in [0.5, 0.6) is 11.5 Å². The average molecular weight is 411 g/mol. The molecule has 0 bridgehead atoms. The fourth-order valence-electron chi connectivity index (χ4n) is 3.62. The topological polar surface area (TPSA) is 104 Å². The van der Waals surface area contributed by atoms with E-state index in [2.05, 4.69) is 25.2 Å². The maximum absolute atomic E-state index is 12.5. The summed E-state index contributed by atoms with van der Waals surface area (Å²) in [4.78, 5) is 12.5. The first-order valence-corrected chi connectivity index (χ1v) is 10.1. The minimum atomic E-state index is -0.303. The van der Waals surface area contributed by atoms with Gasteiger partial charge in [-0.3, -0.25) is 4.79 Å². The fourth-order valence-corrected chi connectivity index (χ4v) is 3.62. The Kier molecular flexibility index (Phi) is 5.97. The van der Waals surface area contributed by atoms with E-state index in [1.807, 2.05) is 0 Å². The van der Waals surface area contributed by atoms with Gasteiger partial charge in [0, 0.05) is 32.0 Å². The third kappa shape index (κ3) is 4.14. The highest BCUT2D eigenvalue weighted by Crippen LogP contribution is 2.33. The van der Waals surface area contributed by atoms with Crippen LogP contribution in [-0.4, -0.2) is 46.6 Å². The van der Waals surface area contributed by atoms with Gasteiger partial charge < -0.3 is 23.9 Å². The van der Waals surface area contributed by atoms with Gasteiger partial charge >= 0.3 is 0 Å². The molecule has 1 N–H and O–H groups in total. The largest absolute Gasteiger partial charge is 0.497 e. The van der Waals surface area contributed by atoms with Crippen LogP contribution in [-0.2, 0) is 19.4 Å². The molecule has 0 saturated heterocycles. The SMILES string of the molecule is COc1ccc(OC)c(-c2cc(C(=O)NCCc3nnc4n3CCCCC4)no2)c1. The van der Waals surface area contributed by atoms with Gasteiger partial charge in [-0.25, -0.2) is 0 Å². The Morgan fingerprint density at radius 3 is 2.90 bits per heavy atom. The Morgan fingerprint density at radius 2 is 2.07 bits per heavy atom. The van der Waals surface area contributed by atoms with Gasteiger partial charge in [0.25, 0.3) is 5.91 Å². The van der Waals surface area contributed by atoms with Crippen LogP contribution in [0.2, 0.25) is 0 Å². The predicted molar refractivity (Wildman–Crippen MR) is 109 cm³/mol. The Bertz CT molecular complexity index is 1030. The molecule has 0 saturated carbocycles. The van der Waals surface area contributed by atoms with Crippen LogP contribution in [0.15, 0.2) is 28.8 Å². The lowest BCUT2D eigenvalue weighted by Crippen LogP contribution is -2.26. The molecule has 1 aromatic carbocycles. The Hall–Kier alpha value is -3.36. The summed E-state index contributed by atoms with van der Waals surface area (Å²) in [6.07, 6.45) is 5.09. The fraction of sp³-hybridized carbons (Fsp3) is 0.429. The minimum Gasteiger partial charge on any atom is -0.497 e. The second-order valence-electron chi connectivity index (χ2n) is 7.14. The van der Waals surface area contributed by atoms with Crippen molar-refractivity contribution < 1.29 is 18.8 Å². The monoisotopic (exact) mass is 411 g/mol. The number of hydrogen-bond acceptors (Lipinski definition) is 7. The van der Waals surface area contributed by atoms with Crippen LogP contribution in [0, 0.1) is 0 Å². The summed E-state index contributed by atoms with van der Waals surface area (Å²) in [5, 5.41) is 15.4. The summed E-state index contributed by atoms with van der Waals surface area (Å²) < 4.78 is 18.2. The summed E-state index contributed by atoms with van der Waals surface area (Å²) in [6, 6.07) is 6.93. The maximum atomic E-state index is 12.5. The first kappa shape index (κ1) is 19.9. The number of aromatic nitrogens is 4. The van der Waals surface area contributed by atoms with Gasteiger partial charge in [0.15, 0.2) is 11.5 Å². The number of carbonyl (C=O) groups is 1. The lowest BCUT2D eigenvalue weighted by Gasteiger charge is -2.07. The average Bonchev–Trinajstić information content (AvgIpc) is 3.34. The van der Waals surface area contributed by atoms with Crippen LogP contribution in [0.4, 0.5) is 0 Å². The van der Waals surface area contributed by atoms with Crippen molar-refractivity contribution in [3.8, 4) is 22.8 Å². The highest BCUT2D eigenvalue weighted by atomic mass is 16.5. The summed E-state index contributed by atoms with van der Waals surface area (Å²) >= 11 is 0. The van der Waals surface area contributed by atoms with Crippen molar-refractivity contribution in [2.45, 2.75) is 38.6 Å². The van der Waals surface area contributed by atoms with Crippen molar-refractivity contribution >= 4 is 5.91 Å². The number of carbonyl (C=O) groups excluding carboxylic acids is 1. The van der Waals surface area contributed by atoms with E-state index in [1.54, 1.807) is 38.5 Å². The summed E-state index contributed by atoms with van der Waals surface area (Å²) in [6.45, 7) is 1.39. The van der Waals surface area contributed by atoms with E-state index in [-0.39, 0.29) is 11.6 Å². The van der Waals surface area contributed by atoms with Gasteiger partial charge in [0.1, 0.15) is 23.1 Å². The molecule has 4 rings (SSSR count). The van der Waals surface area contributed by atoms with E-state index in [9.17, 15) is 4.79 Å². The normalized spacial score (nSPS) is 13.4. The molecule has 30 heavy (non-hydrogen) atoms. The van der Waals surface area contributed by atoms with Crippen molar-refractivity contribution in [2.75, 3.05) is 20.8 Å². The number of rotatable bonds is 7. The molecule has 9 nitrogen and oxygen atoms in total. The van der Waals surface area contributed by atoms with Crippen LogP contribution < -0.4 is 14.8 Å². The van der Waals surface area contributed by atoms with Crippen molar-refractivity contribution in [3.63, 3.8) is 0 Å². The molecule has 9 heteroatoms. The first-order valence-electron chi connectivity index (χ1n) is 10.1. The highest BCUT2D eigenvalue weighted by Gasteiger charge is 2.18. The number of ether oxygens (including phenoxy) is 2. The molecule has 3 aromatic rings. The number of amides is 1. The maximum Gasteiger partial charge on any atom is 0.273 e. The standard InChI is InChI=1S/C21H25N5O4/c1-28-14-7-8-17(29-2)15(12-14)18-13-16(25-30-18)21(27)22-10-9-20-24-23-19-6-4-3-5-11-26(19)20/h7-8,12-13H,3-6,9-11H2,1-2H3,(H,22,27). The highest BCUT2D eigenvalue weighted by molar-refractivity contribution is 5.93. The number of hydrogen-bond donors (Lipinski definition) is 1. The Balaban J connectivity index is 1.40. The molecule has 0 unspecified atom stereocenters. The molecular weight excluding hydrogens is 386 g/mol. The number of nitrogens with one attached hydrogen (secondary N) is 1. The van der Waals surface area contributed by atoms with E-state index < -0.39 is 0 Å². The van der Waals surface area contributed by atoms with Crippen molar-refractivity contribution in [3.05, 3.63) is 41.6 Å². The van der Waals surface area contributed by atoms with E-state index in [0.29, 0.717) is 35.8 Å². The second kappa shape index (κ2) is 8.98. The van der Waals surface area contributed by atoms with Gasteiger partial charge in [-0.15, -0.1) is 10.2 Å². The van der Waals surface area contributed by atoms with Crippen LogP contribution >= 0.6 is 0 Å². The molecule has 0 aliphatic carbocycles. The molecule has 1 aliphatic heterocycles.